The smallest absolute Gasteiger partial charge is 0.228 e. The molecule has 0 aliphatic carbocycles. The second-order valence-electron chi connectivity index (χ2n) is 5.43. The van der Waals surface area contributed by atoms with Crippen LogP contribution < -0.4 is 0 Å². The van der Waals surface area contributed by atoms with E-state index in [2.05, 4.69) is 9.97 Å². The molecule has 5 nitrogen and oxygen atoms in total. The van der Waals surface area contributed by atoms with Crippen LogP contribution in [0.5, 0.6) is 0 Å². The van der Waals surface area contributed by atoms with Gasteiger partial charge in [-0.2, -0.15) is 0 Å². The fraction of sp³-hybridized carbons (Fsp3) is 0.438. The molecule has 2 aromatic rings. The highest BCUT2D eigenvalue weighted by Crippen LogP contribution is 2.15. The molecule has 0 saturated carbocycles. The number of hydrogen-bond acceptors (Lipinski definition) is 5. The van der Waals surface area contributed by atoms with Crippen LogP contribution in [0.2, 0.25) is 0 Å². The van der Waals surface area contributed by atoms with Gasteiger partial charge >= 0.3 is 0 Å². The minimum Gasteiger partial charge on any atom is -0.375 e. The van der Waals surface area contributed by atoms with Gasteiger partial charge in [-0.05, 0) is 19.1 Å². The van der Waals surface area contributed by atoms with Gasteiger partial charge in [0, 0.05) is 36.8 Å². The van der Waals surface area contributed by atoms with E-state index in [1.807, 2.05) is 35.4 Å². The van der Waals surface area contributed by atoms with E-state index >= 15 is 0 Å². The molecule has 1 atom stereocenters. The Morgan fingerprint density at radius 1 is 1.45 bits per heavy atom. The van der Waals surface area contributed by atoms with E-state index in [1.165, 1.54) is 0 Å². The van der Waals surface area contributed by atoms with Crippen LogP contribution in [0.15, 0.2) is 29.8 Å². The number of thiazole rings is 1. The minimum absolute atomic E-state index is 0.118. The van der Waals surface area contributed by atoms with E-state index < -0.39 is 0 Å². The van der Waals surface area contributed by atoms with E-state index in [9.17, 15) is 4.79 Å². The summed E-state index contributed by atoms with van der Waals surface area (Å²) in [6.45, 7) is 3.96. The summed E-state index contributed by atoms with van der Waals surface area (Å²) in [5.74, 6) is 0.129. The molecule has 0 bridgehead atoms. The average molecular weight is 317 g/mol. The third-order valence-electron chi connectivity index (χ3n) is 3.58. The van der Waals surface area contributed by atoms with Crippen LogP contribution in [-0.2, 0) is 22.4 Å². The molecule has 2 aromatic heterocycles. The van der Waals surface area contributed by atoms with Crippen LogP contribution in [0.3, 0.4) is 0 Å². The summed E-state index contributed by atoms with van der Waals surface area (Å²) >= 11 is 1.59. The molecule has 22 heavy (non-hydrogen) atoms. The van der Waals surface area contributed by atoms with Gasteiger partial charge in [0.1, 0.15) is 0 Å². The van der Waals surface area contributed by atoms with Crippen molar-refractivity contribution >= 4 is 17.2 Å². The van der Waals surface area contributed by atoms with Crippen molar-refractivity contribution in [3.8, 4) is 0 Å². The molecule has 3 heterocycles. The number of aromatic nitrogens is 2. The van der Waals surface area contributed by atoms with Crippen molar-refractivity contribution < 1.29 is 9.53 Å². The summed E-state index contributed by atoms with van der Waals surface area (Å²) in [4.78, 5) is 23.0. The van der Waals surface area contributed by atoms with E-state index in [-0.39, 0.29) is 12.0 Å². The lowest BCUT2D eigenvalue weighted by atomic mass is 10.2. The monoisotopic (exact) mass is 317 g/mol. The van der Waals surface area contributed by atoms with Crippen LogP contribution in [-0.4, -0.2) is 46.6 Å². The highest BCUT2D eigenvalue weighted by atomic mass is 32.1. The molecule has 0 spiro atoms. The summed E-state index contributed by atoms with van der Waals surface area (Å²) in [5.41, 5.74) is 1.84. The summed E-state index contributed by atoms with van der Waals surface area (Å²) < 4.78 is 5.46. The summed E-state index contributed by atoms with van der Waals surface area (Å²) in [5, 5.41) is 2.97. The number of pyridine rings is 1. The number of carbonyl (C=O) groups is 1. The van der Waals surface area contributed by atoms with Gasteiger partial charge < -0.3 is 9.64 Å². The second kappa shape index (κ2) is 6.98. The first kappa shape index (κ1) is 15.1. The Bertz CT molecular complexity index is 629. The Labute approximate surface area is 134 Å². The molecule has 1 amide bonds. The van der Waals surface area contributed by atoms with Crippen molar-refractivity contribution in [1.82, 2.24) is 14.9 Å². The SMILES string of the molecule is CC1CN(C(=O)Cc2csc(Cc3ccccn3)n2)CCO1. The first-order valence-corrected chi connectivity index (χ1v) is 8.31. The summed E-state index contributed by atoms with van der Waals surface area (Å²) in [6.07, 6.45) is 2.99. The number of ether oxygens (including phenoxy) is 1. The van der Waals surface area contributed by atoms with E-state index in [4.69, 9.17) is 4.74 Å². The number of carbonyl (C=O) groups excluding carboxylic acids is 1. The summed E-state index contributed by atoms with van der Waals surface area (Å²) in [7, 11) is 0. The van der Waals surface area contributed by atoms with E-state index in [0.717, 1.165) is 16.4 Å². The number of morpholine rings is 1. The van der Waals surface area contributed by atoms with Crippen molar-refractivity contribution in [2.45, 2.75) is 25.9 Å². The van der Waals surface area contributed by atoms with Crippen LogP contribution >= 0.6 is 11.3 Å². The lowest BCUT2D eigenvalue weighted by Gasteiger charge is -2.31. The molecule has 1 aliphatic rings. The molecule has 0 N–H and O–H groups in total. The number of hydrogen-bond donors (Lipinski definition) is 0. The Morgan fingerprint density at radius 2 is 2.36 bits per heavy atom. The zero-order valence-corrected chi connectivity index (χ0v) is 13.4. The van der Waals surface area contributed by atoms with Gasteiger partial charge in [-0.1, -0.05) is 6.07 Å². The molecule has 6 heteroatoms. The first-order valence-electron chi connectivity index (χ1n) is 7.43. The van der Waals surface area contributed by atoms with Crippen LogP contribution in [0, 0.1) is 0 Å². The fourth-order valence-corrected chi connectivity index (χ4v) is 3.29. The second-order valence-corrected chi connectivity index (χ2v) is 6.37. The molecule has 3 rings (SSSR count). The van der Waals surface area contributed by atoms with Crippen LogP contribution in [0.4, 0.5) is 0 Å². The maximum atomic E-state index is 12.3. The van der Waals surface area contributed by atoms with Crippen molar-refractivity contribution in [2.24, 2.45) is 0 Å². The highest BCUT2D eigenvalue weighted by Gasteiger charge is 2.22. The zero-order valence-electron chi connectivity index (χ0n) is 12.6. The molecule has 1 aliphatic heterocycles. The Kier molecular flexibility index (Phi) is 4.80. The first-order chi connectivity index (χ1) is 10.7. The molecular weight excluding hydrogens is 298 g/mol. The van der Waals surface area contributed by atoms with Gasteiger partial charge in [-0.25, -0.2) is 4.98 Å². The predicted octanol–water partition coefficient (Wildman–Crippen LogP) is 1.92. The van der Waals surface area contributed by atoms with Crippen molar-refractivity contribution in [1.29, 1.82) is 0 Å². The molecule has 1 fully saturated rings. The third-order valence-corrected chi connectivity index (χ3v) is 4.48. The predicted molar refractivity (Wildman–Crippen MR) is 84.9 cm³/mol. The topological polar surface area (TPSA) is 55.3 Å². The van der Waals surface area contributed by atoms with Crippen molar-refractivity contribution in [3.63, 3.8) is 0 Å². The lowest BCUT2D eigenvalue weighted by Crippen LogP contribution is -2.45. The average Bonchev–Trinajstić information content (AvgIpc) is 2.95. The number of nitrogens with zero attached hydrogens (tertiary/aromatic N) is 3. The van der Waals surface area contributed by atoms with Gasteiger partial charge in [0.2, 0.25) is 5.91 Å². The van der Waals surface area contributed by atoms with Gasteiger partial charge in [0.05, 0.1) is 29.8 Å². The van der Waals surface area contributed by atoms with Gasteiger partial charge in [-0.15, -0.1) is 11.3 Å². The van der Waals surface area contributed by atoms with Crippen LogP contribution in [0.1, 0.15) is 23.3 Å². The molecule has 1 saturated heterocycles. The molecule has 0 radical (unpaired) electrons. The van der Waals surface area contributed by atoms with Crippen molar-refractivity contribution in [3.05, 3.63) is 46.2 Å². The Balaban J connectivity index is 1.58. The van der Waals surface area contributed by atoms with E-state index in [0.29, 0.717) is 32.5 Å². The lowest BCUT2D eigenvalue weighted by molar-refractivity contribution is -0.137. The van der Waals surface area contributed by atoms with Gasteiger partial charge in [-0.3, -0.25) is 9.78 Å². The Morgan fingerprint density at radius 3 is 3.14 bits per heavy atom. The molecule has 0 aromatic carbocycles. The molecule has 1 unspecified atom stereocenters. The van der Waals surface area contributed by atoms with Crippen molar-refractivity contribution in [2.75, 3.05) is 19.7 Å². The largest absolute Gasteiger partial charge is 0.375 e. The number of rotatable bonds is 4. The fourth-order valence-electron chi connectivity index (χ4n) is 2.48. The van der Waals surface area contributed by atoms with Gasteiger partial charge in [0.15, 0.2) is 0 Å². The maximum absolute atomic E-state index is 12.3. The zero-order chi connectivity index (χ0) is 15.4. The summed E-state index contributed by atoms with van der Waals surface area (Å²) in [6, 6.07) is 5.86. The minimum atomic E-state index is 0.118. The van der Waals surface area contributed by atoms with E-state index in [1.54, 1.807) is 17.5 Å². The standard InChI is InChI=1S/C16H19N3O2S/c1-12-10-19(6-7-21-12)16(20)9-14-11-22-15(18-14)8-13-4-2-3-5-17-13/h2-5,11-12H,6-10H2,1H3. The Hall–Kier alpha value is -1.79. The highest BCUT2D eigenvalue weighted by molar-refractivity contribution is 7.09. The van der Waals surface area contributed by atoms with Crippen LogP contribution in [0.25, 0.3) is 0 Å². The third kappa shape index (κ3) is 3.90. The molecule has 116 valence electrons. The van der Waals surface area contributed by atoms with Gasteiger partial charge in [0.25, 0.3) is 0 Å². The quantitative estimate of drug-likeness (QED) is 0.864. The normalized spacial score (nSPS) is 18.4. The molecular formula is C16H19N3O2S. The maximum Gasteiger partial charge on any atom is 0.228 e. The number of amides is 1.